The van der Waals surface area contributed by atoms with Crippen LogP contribution in [-0.2, 0) is 4.79 Å². The average molecular weight is 383 g/mol. The minimum atomic E-state index is -0.530. The zero-order valence-electron chi connectivity index (χ0n) is 17.0. The first-order valence-corrected chi connectivity index (χ1v) is 10.0. The number of nitrogens with one attached hydrogen (secondary N) is 1. The first-order chi connectivity index (χ1) is 13.5. The predicted molar refractivity (Wildman–Crippen MR) is 112 cm³/mol. The molecule has 3 rings (SSSR count). The number of carbonyl (C=O) groups excluding carboxylic acids is 1. The number of anilines is 1. The Bertz CT molecular complexity index is 750. The highest BCUT2D eigenvalue weighted by Crippen LogP contribution is 2.21. The third-order valence-corrected chi connectivity index (χ3v) is 5.05. The van der Waals surface area contributed by atoms with E-state index < -0.39 is 6.10 Å². The molecule has 0 bridgehead atoms. The summed E-state index contributed by atoms with van der Waals surface area (Å²) in [7, 11) is 2.14. The molecule has 0 radical (unpaired) electrons. The van der Waals surface area contributed by atoms with Gasteiger partial charge in [0.1, 0.15) is 17.6 Å². The number of likely N-dealkylation sites (tertiary alicyclic amines) is 1. The molecule has 28 heavy (non-hydrogen) atoms. The molecule has 5 nitrogen and oxygen atoms in total. The van der Waals surface area contributed by atoms with Crippen LogP contribution in [0.5, 0.6) is 11.5 Å². The molecule has 0 aliphatic carbocycles. The Kier molecular flexibility index (Phi) is 6.93. The van der Waals surface area contributed by atoms with Gasteiger partial charge in [-0.15, -0.1) is 0 Å². The van der Waals surface area contributed by atoms with Crippen molar-refractivity contribution in [2.75, 3.05) is 25.5 Å². The number of aryl methyl sites for hydroxylation is 1. The molecular weight excluding hydrogens is 352 g/mol. The lowest BCUT2D eigenvalue weighted by Crippen LogP contribution is -2.35. The van der Waals surface area contributed by atoms with Gasteiger partial charge in [0.05, 0.1) is 0 Å². The van der Waals surface area contributed by atoms with Gasteiger partial charge in [-0.25, -0.2) is 0 Å². The molecule has 0 aromatic heterocycles. The van der Waals surface area contributed by atoms with Crippen molar-refractivity contribution in [3.05, 3.63) is 54.1 Å². The highest BCUT2D eigenvalue weighted by molar-refractivity contribution is 5.94. The normalized spacial score (nSPS) is 16.4. The van der Waals surface area contributed by atoms with Crippen LogP contribution in [-0.4, -0.2) is 43.2 Å². The van der Waals surface area contributed by atoms with Crippen molar-refractivity contribution in [3.63, 3.8) is 0 Å². The Morgan fingerprint density at radius 3 is 2.29 bits per heavy atom. The quantitative estimate of drug-likeness (QED) is 0.777. The van der Waals surface area contributed by atoms with E-state index >= 15 is 0 Å². The molecule has 1 aliphatic rings. The smallest absolute Gasteiger partial charge is 0.265 e. The van der Waals surface area contributed by atoms with Gasteiger partial charge < -0.3 is 19.7 Å². The van der Waals surface area contributed by atoms with Crippen LogP contribution in [0.25, 0.3) is 0 Å². The van der Waals surface area contributed by atoms with E-state index in [-0.39, 0.29) is 12.0 Å². The Morgan fingerprint density at radius 2 is 1.68 bits per heavy atom. The maximum Gasteiger partial charge on any atom is 0.265 e. The van der Waals surface area contributed by atoms with Crippen LogP contribution in [0.15, 0.2) is 48.5 Å². The first-order valence-electron chi connectivity index (χ1n) is 10.0. The van der Waals surface area contributed by atoms with Gasteiger partial charge in [0.25, 0.3) is 5.91 Å². The van der Waals surface area contributed by atoms with E-state index in [1.54, 1.807) is 0 Å². The van der Waals surface area contributed by atoms with E-state index in [2.05, 4.69) is 17.3 Å². The second kappa shape index (κ2) is 9.60. The van der Waals surface area contributed by atoms with Gasteiger partial charge >= 0.3 is 0 Å². The van der Waals surface area contributed by atoms with E-state index in [1.165, 1.54) is 0 Å². The van der Waals surface area contributed by atoms with Crippen LogP contribution in [0.4, 0.5) is 5.69 Å². The Labute approximate surface area is 167 Å². The zero-order chi connectivity index (χ0) is 19.9. The van der Waals surface area contributed by atoms with Crippen LogP contribution >= 0.6 is 0 Å². The molecular formula is C23H30N2O3. The fourth-order valence-electron chi connectivity index (χ4n) is 3.24. The largest absolute Gasteiger partial charge is 0.490 e. The third kappa shape index (κ3) is 5.73. The van der Waals surface area contributed by atoms with Crippen LogP contribution < -0.4 is 14.8 Å². The summed E-state index contributed by atoms with van der Waals surface area (Å²) in [6.07, 6.45) is 2.42. The van der Waals surface area contributed by atoms with E-state index in [4.69, 9.17) is 9.47 Å². The Hall–Kier alpha value is -2.53. The summed E-state index contributed by atoms with van der Waals surface area (Å²) < 4.78 is 11.9. The van der Waals surface area contributed by atoms with E-state index in [0.717, 1.165) is 42.9 Å². The van der Waals surface area contributed by atoms with Gasteiger partial charge in [0.15, 0.2) is 6.10 Å². The SMILES string of the molecule is CCC(Oc1ccc(C)cc1)C(=O)Nc1ccc(OC2CCN(C)CC2)cc1. The van der Waals surface area contributed by atoms with Crippen molar-refractivity contribution in [3.8, 4) is 11.5 Å². The molecule has 1 amide bonds. The summed E-state index contributed by atoms with van der Waals surface area (Å²) in [5.74, 6) is 1.40. The molecule has 0 spiro atoms. The van der Waals surface area contributed by atoms with Crippen molar-refractivity contribution in [1.29, 1.82) is 0 Å². The zero-order valence-corrected chi connectivity index (χ0v) is 17.0. The number of piperidine rings is 1. The third-order valence-electron chi connectivity index (χ3n) is 5.05. The molecule has 2 aromatic rings. The molecule has 1 unspecified atom stereocenters. The fraction of sp³-hybridized carbons (Fsp3) is 0.435. The molecule has 2 aromatic carbocycles. The van der Waals surface area contributed by atoms with Gasteiger partial charge in [0, 0.05) is 18.8 Å². The number of ether oxygens (including phenoxy) is 2. The highest BCUT2D eigenvalue weighted by Gasteiger charge is 2.20. The summed E-state index contributed by atoms with van der Waals surface area (Å²) in [4.78, 5) is 14.9. The van der Waals surface area contributed by atoms with E-state index in [9.17, 15) is 4.79 Å². The summed E-state index contributed by atoms with van der Waals surface area (Å²) in [5, 5.41) is 2.94. The minimum Gasteiger partial charge on any atom is -0.490 e. The molecule has 1 aliphatic heterocycles. The number of rotatable bonds is 7. The predicted octanol–water partition coefficient (Wildman–Crippen LogP) is 4.26. The number of benzene rings is 2. The number of carbonyl (C=O) groups is 1. The standard InChI is InChI=1S/C23H30N2O3/c1-4-22(28-20-9-5-17(2)6-10-20)23(26)24-18-7-11-19(12-8-18)27-21-13-15-25(3)16-14-21/h5-12,21-22H,4,13-16H2,1-3H3,(H,24,26). The molecule has 1 fully saturated rings. The van der Waals surface area contributed by atoms with Crippen molar-refractivity contribution in [2.45, 2.75) is 45.3 Å². The highest BCUT2D eigenvalue weighted by atomic mass is 16.5. The number of hydrogen-bond acceptors (Lipinski definition) is 4. The number of amides is 1. The van der Waals surface area contributed by atoms with Crippen molar-refractivity contribution in [1.82, 2.24) is 4.90 Å². The van der Waals surface area contributed by atoms with Crippen LogP contribution in [0.3, 0.4) is 0 Å². The second-order valence-corrected chi connectivity index (χ2v) is 7.46. The Balaban J connectivity index is 1.53. The summed E-state index contributed by atoms with van der Waals surface area (Å²) in [6, 6.07) is 15.3. The molecule has 1 atom stereocenters. The van der Waals surface area contributed by atoms with E-state index in [1.807, 2.05) is 62.4 Å². The van der Waals surface area contributed by atoms with Gasteiger partial charge in [-0.2, -0.15) is 0 Å². The van der Waals surface area contributed by atoms with Crippen molar-refractivity contribution >= 4 is 11.6 Å². The lowest BCUT2D eigenvalue weighted by molar-refractivity contribution is -0.122. The fourth-order valence-corrected chi connectivity index (χ4v) is 3.24. The molecule has 5 heteroatoms. The van der Waals surface area contributed by atoms with Crippen molar-refractivity contribution in [2.24, 2.45) is 0 Å². The lowest BCUT2D eigenvalue weighted by Gasteiger charge is -2.29. The summed E-state index contributed by atoms with van der Waals surface area (Å²) >= 11 is 0. The van der Waals surface area contributed by atoms with Crippen LogP contribution in [0.2, 0.25) is 0 Å². The number of nitrogens with zero attached hydrogens (tertiary/aromatic N) is 1. The minimum absolute atomic E-state index is 0.146. The maximum absolute atomic E-state index is 12.6. The van der Waals surface area contributed by atoms with Gasteiger partial charge in [0.2, 0.25) is 0 Å². The lowest BCUT2D eigenvalue weighted by atomic mass is 10.1. The summed E-state index contributed by atoms with van der Waals surface area (Å²) in [5.41, 5.74) is 1.90. The van der Waals surface area contributed by atoms with Crippen LogP contribution in [0, 0.1) is 6.92 Å². The molecule has 1 saturated heterocycles. The topological polar surface area (TPSA) is 50.8 Å². The molecule has 1 N–H and O–H groups in total. The monoisotopic (exact) mass is 382 g/mol. The second-order valence-electron chi connectivity index (χ2n) is 7.46. The van der Waals surface area contributed by atoms with Gasteiger partial charge in [-0.1, -0.05) is 24.6 Å². The Morgan fingerprint density at radius 1 is 1.07 bits per heavy atom. The number of hydrogen-bond donors (Lipinski definition) is 1. The van der Waals surface area contributed by atoms with E-state index in [0.29, 0.717) is 12.2 Å². The molecule has 0 saturated carbocycles. The van der Waals surface area contributed by atoms with Gasteiger partial charge in [-0.05, 0) is 69.6 Å². The van der Waals surface area contributed by atoms with Gasteiger partial charge in [-0.3, -0.25) is 4.79 Å². The molecule has 1 heterocycles. The summed E-state index contributed by atoms with van der Waals surface area (Å²) in [6.45, 7) is 6.10. The maximum atomic E-state index is 12.6. The average Bonchev–Trinajstić information content (AvgIpc) is 2.70. The van der Waals surface area contributed by atoms with Crippen molar-refractivity contribution < 1.29 is 14.3 Å². The first kappa shape index (κ1) is 20.2. The van der Waals surface area contributed by atoms with Crippen LogP contribution in [0.1, 0.15) is 31.7 Å². The molecule has 150 valence electrons.